The van der Waals surface area contributed by atoms with Crippen molar-refractivity contribution in [2.45, 2.75) is 40.0 Å². The van der Waals surface area contributed by atoms with E-state index < -0.39 is 0 Å². The van der Waals surface area contributed by atoms with Crippen LogP contribution in [0.5, 0.6) is 0 Å². The first kappa shape index (κ1) is 16.2. The minimum absolute atomic E-state index is 0.241. The number of anilines is 1. The van der Waals surface area contributed by atoms with Crippen LogP contribution in [0.25, 0.3) is 5.69 Å². The fraction of sp³-hybridized carbons (Fsp3) is 0.438. The Balaban J connectivity index is 2.81. The van der Waals surface area contributed by atoms with E-state index in [1.807, 2.05) is 25.1 Å². The summed E-state index contributed by atoms with van der Waals surface area (Å²) in [6.45, 7) is 6.13. The molecular weight excluding hydrogens is 278 g/mol. The van der Waals surface area contributed by atoms with E-state index in [1.54, 1.807) is 11.6 Å². The van der Waals surface area contributed by atoms with Crippen molar-refractivity contribution < 1.29 is 0 Å². The third kappa shape index (κ3) is 2.87. The summed E-state index contributed by atoms with van der Waals surface area (Å²) in [5, 5.41) is 1.26. The zero-order valence-electron chi connectivity index (χ0n) is 13.6. The van der Waals surface area contributed by atoms with Crippen LogP contribution in [0, 0.1) is 0 Å². The molecule has 1 aromatic carbocycles. The molecule has 0 radical (unpaired) electrons. The Labute approximate surface area is 130 Å². The van der Waals surface area contributed by atoms with Gasteiger partial charge in [0, 0.05) is 13.5 Å². The normalized spacial score (nSPS) is 10.8. The molecule has 0 bridgehead atoms. The minimum atomic E-state index is -0.338. The molecule has 6 heteroatoms. The number of benzene rings is 1. The lowest BCUT2D eigenvalue weighted by Crippen LogP contribution is -2.34. The number of aromatic nitrogens is 3. The van der Waals surface area contributed by atoms with Gasteiger partial charge in [0.2, 0.25) is 5.95 Å². The van der Waals surface area contributed by atoms with Crippen molar-refractivity contribution in [3.8, 4) is 5.69 Å². The van der Waals surface area contributed by atoms with Gasteiger partial charge < -0.3 is 0 Å². The zero-order valence-corrected chi connectivity index (χ0v) is 13.6. The van der Waals surface area contributed by atoms with Crippen LogP contribution in [0.15, 0.2) is 23.0 Å². The van der Waals surface area contributed by atoms with Gasteiger partial charge in [-0.1, -0.05) is 39.0 Å². The monoisotopic (exact) mass is 301 g/mol. The highest BCUT2D eigenvalue weighted by Crippen LogP contribution is 2.21. The standard InChI is InChI=1S/C16H23N5O/c1-5-11-9-8-10-12(6-2)14(11)21-13(7-3)18-15(20(4)17)19-16(21)22/h8-10H,5-7,17H2,1-4H3. The molecule has 1 aromatic heterocycles. The van der Waals surface area contributed by atoms with Crippen LogP contribution in [0.3, 0.4) is 0 Å². The number of hydrogen-bond donors (Lipinski definition) is 1. The first-order valence-corrected chi connectivity index (χ1v) is 7.62. The maximum atomic E-state index is 12.6. The minimum Gasteiger partial charge on any atom is -0.282 e. The summed E-state index contributed by atoms with van der Waals surface area (Å²) in [5.74, 6) is 6.58. The Morgan fingerprint density at radius 2 is 1.68 bits per heavy atom. The average Bonchev–Trinajstić information content (AvgIpc) is 2.53. The Hall–Kier alpha value is -2.21. The maximum absolute atomic E-state index is 12.6. The molecule has 2 N–H and O–H groups in total. The Kier molecular flexibility index (Phi) is 4.92. The van der Waals surface area contributed by atoms with Crippen molar-refractivity contribution in [3.05, 3.63) is 45.6 Å². The molecule has 0 aliphatic heterocycles. The van der Waals surface area contributed by atoms with Crippen molar-refractivity contribution >= 4 is 5.95 Å². The zero-order chi connectivity index (χ0) is 16.3. The van der Waals surface area contributed by atoms with Gasteiger partial charge in [0.1, 0.15) is 5.82 Å². The highest BCUT2D eigenvalue weighted by atomic mass is 16.1. The third-order valence-corrected chi connectivity index (χ3v) is 3.69. The first-order chi connectivity index (χ1) is 10.5. The van der Waals surface area contributed by atoms with Gasteiger partial charge in [-0.25, -0.2) is 15.2 Å². The number of hydrazine groups is 1. The van der Waals surface area contributed by atoms with Gasteiger partial charge >= 0.3 is 5.69 Å². The van der Waals surface area contributed by atoms with E-state index in [0.717, 1.165) is 29.7 Å². The van der Waals surface area contributed by atoms with Crippen molar-refractivity contribution in [1.82, 2.24) is 14.5 Å². The lowest BCUT2D eigenvalue weighted by molar-refractivity contribution is 0.738. The van der Waals surface area contributed by atoms with E-state index in [4.69, 9.17) is 5.84 Å². The molecule has 0 fully saturated rings. The van der Waals surface area contributed by atoms with E-state index in [1.165, 1.54) is 5.01 Å². The molecule has 0 atom stereocenters. The van der Waals surface area contributed by atoms with Gasteiger partial charge in [-0.3, -0.25) is 5.01 Å². The third-order valence-electron chi connectivity index (χ3n) is 3.69. The van der Waals surface area contributed by atoms with Gasteiger partial charge in [0.05, 0.1) is 5.69 Å². The quantitative estimate of drug-likeness (QED) is 0.671. The van der Waals surface area contributed by atoms with Gasteiger partial charge in [-0.2, -0.15) is 9.97 Å². The molecule has 2 rings (SSSR count). The number of para-hydroxylation sites is 1. The van der Waals surface area contributed by atoms with Gasteiger partial charge in [-0.15, -0.1) is 0 Å². The fourth-order valence-electron chi connectivity index (χ4n) is 2.56. The van der Waals surface area contributed by atoms with E-state index >= 15 is 0 Å². The Morgan fingerprint density at radius 1 is 1.09 bits per heavy atom. The highest BCUT2D eigenvalue weighted by Gasteiger charge is 2.16. The Bertz CT molecular complexity index is 699. The van der Waals surface area contributed by atoms with E-state index in [2.05, 4.69) is 23.8 Å². The summed E-state index contributed by atoms with van der Waals surface area (Å²) < 4.78 is 1.63. The maximum Gasteiger partial charge on any atom is 0.356 e. The number of aryl methyl sites for hydroxylation is 3. The fourth-order valence-corrected chi connectivity index (χ4v) is 2.56. The van der Waals surface area contributed by atoms with Crippen LogP contribution in [0.4, 0.5) is 5.95 Å². The number of nitrogens with zero attached hydrogens (tertiary/aromatic N) is 4. The summed E-state index contributed by atoms with van der Waals surface area (Å²) in [6.07, 6.45) is 2.31. The summed E-state index contributed by atoms with van der Waals surface area (Å²) in [4.78, 5) is 21.0. The van der Waals surface area contributed by atoms with Crippen molar-refractivity contribution in [1.29, 1.82) is 0 Å². The van der Waals surface area contributed by atoms with Gasteiger partial charge in [0.25, 0.3) is 0 Å². The smallest absolute Gasteiger partial charge is 0.282 e. The lowest BCUT2D eigenvalue weighted by atomic mass is 10.0. The number of rotatable bonds is 5. The van der Waals surface area contributed by atoms with E-state index in [0.29, 0.717) is 12.2 Å². The molecule has 0 unspecified atom stereocenters. The van der Waals surface area contributed by atoms with Gasteiger partial charge in [-0.05, 0) is 24.0 Å². The summed E-state index contributed by atoms with van der Waals surface area (Å²) in [6, 6.07) is 6.12. The van der Waals surface area contributed by atoms with Crippen LogP contribution in [-0.4, -0.2) is 21.6 Å². The molecular formula is C16H23N5O. The van der Waals surface area contributed by atoms with Crippen molar-refractivity contribution in [2.24, 2.45) is 5.84 Å². The van der Waals surface area contributed by atoms with Crippen LogP contribution in [0.2, 0.25) is 0 Å². The predicted octanol–water partition coefficient (Wildman–Crippen LogP) is 1.62. The average molecular weight is 301 g/mol. The van der Waals surface area contributed by atoms with E-state index in [-0.39, 0.29) is 11.6 Å². The lowest BCUT2D eigenvalue weighted by Gasteiger charge is -2.19. The second kappa shape index (κ2) is 6.70. The van der Waals surface area contributed by atoms with Crippen molar-refractivity contribution in [2.75, 3.05) is 12.1 Å². The molecule has 0 saturated carbocycles. The summed E-state index contributed by atoms with van der Waals surface area (Å²) in [7, 11) is 1.62. The largest absolute Gasteiger partial charge is 0.356 e. The molecule has 0 amide bonds. The SMILES string of the molecule is CCc1cccc(CC)c1-n1c(CC)nc(N(C)N)nc1=O. The van der Waals surface area contributed by atoms with Gasteiger partial charge in [0.15, 0.2) is 0 Å². The van der Waals surface area contributed by atoms with Crippen LogP contribution in [-0.2, 0) is 19.3 Å². The highest BCUT2D eigenvalue weighted by molar-refractivity contribution is 5.49. The molecule has 2 aromatic rings. The molecule has 0 saturated heterocycles. The van der Waals surface area contributed by atoms with Crippen molar-refractivity contribution in [3.63, 3.8) is 0 Å². The summed E-state index contributed by atoms with van der Waals surface area (Å²) >= 11 is 0. The molecule has 1 heterocycles. The number of nitrogens with two attached hydrogens (primary N) is 1. The van der Waals surface area contributed by atoms with Crippen LogP contribution < -0.4 is 16.5 Å². The molecule has 0 aliphatic carbocycles. The molecule has 0 aliphatic rings. The molecule has 0 spiro atoms. The van der Waals surface area contributed by atoms with Crippen LogP contribution in [0.1, 0.15) is 37.7 Å². The molecule has 6 nitrogen and oxygen atoms in total. The molecule has 118 valence electrons. The Morgan fingerprint density at radius 3 is 2.14 bits per heavy atom. The topological polar surface area (TPSA) is 77.0 Å². The first-order valence-electron chi connectivity index (χ1n) is 7.62. The number of hydrogen-bond acceptors (Lipinski definition) is 5. The summed E-state index contributed by atoms with van der Waals surface area (Å²) in [5.41, 5.74) is 2.82. The molecule has 22 heavy (non-hydrogen) atoms. The van der Waals surface area contributed by atoms with Crippen LogP contribution >= 0.6 is 0 Å². The predicted molar refractivity (Wildman–Crippen MR) is 88.4 cm³/mol. The van der Waals surface area contributed by atoms with E-state index in [9.17, 15) is 4.79 Å². The second-order valence-electron chi connectivity index (χ2n) is 5.15. The second-order valence-corrected chi connectivity index (χ2v) is 5.15.